The number of hydrogen-bond donors (Lipinski definition) is 2. The van der Waals surface area contributed by atoms with Crippen molar-refractivity contribution >= 4 is 15.9 Å². The van der Waals surface area contributed by atoms with Crippen LogP contribution in [0.25, 0.3) is 0 Å². The van der Waals surface area contributed by atoms with Crippen molar-refractivity contribution in [1.82, 2.24) is 9.79 Å². The standard InChI is InChI=1S/C25H25FN2O7S/c1-33-14-15-34-21-8-11-23-17(16-21)12-13-28(24(23)25(29)27-30)36(31,32)22-9-6-20(7-10-22)35-19-4-2-18(26)3-5-19/h2-11,16,24,30H,12-15H2,1H3,(H,27,29). The number of nitrogens with zero attached hydrogens (tertiary/aromatic N) is 1. The lowest BCUT2D eigenvalue weighted by Crippen LogP contribution is -2.46. The molecule has 0 aromatic heterocycles. The topological polar surface area (TPSA) is 114 Å². The van der Waals surface area contributed by atoms with E-state index in [2.05, 4.69) is 0 Å². The Kier molecular flexibility index (Phi) is 7.85. The highest BCUT2D eigenvalue weighted by Gasteiger charge is 2.40. The summed E-state index contributed by atoms with van der Waals surface area (Å²) in [6.07, 6.45) is 0.344. The summed E-state index contributed by atoms with van der Waals surface area (Å²) >= 11 is 0. The third-order valence-electron chi connectivity index (χ3n) is 5.69. The second-order valence-electron chi connectivity index (χ2n) is 7.97. The SMILES string of the molecule is COCCOc1ccc2c(c1)CCN(S(=O)(=O)c1ccc(Oc3ccc(F)cc3)cc1)C2C(=O)NO. The Labute approximate surface area is 208 Å². The number of rotatable bonds is 9. The second kappa shape index (κ2) is 11.0. The predicted octanol–water partition coefficient (Wildman–Crippen LogP) is 3.44. The van der Waals surface area contributed by atoms with Crippen LogP contribution in [0.1, 0.15) is 17.2 Å². The first-order valence-electron chi connectivity index (χ1n) is 11.1. The quantitative estimate of drug-likeness (QED) is 0.254. The number of benzene rings is 3. The van der Waals surface area contributed by atoms with E-state index in [0.717, 1.165) is 9.87 Å². The van der Waals surface area contributed by atoms with Crippen molar-refractivity contribution in [2.75, 3.05) is 26.9 Å². The molecule has 4 rings (SSSR count). The van der Waals surface area contributed by atoms with E-state index in [1.807, 2.05) is 0 Å². The lowest BCUT2D eigenvalue weighted by atomic mass is 9.93. The van der Waals surface area contributed by atoms with Gasteiger partial charge in [0.1, 0.15) is 35.7 Å². The molecule has 1 amide bonds. The number of sulfonamides is 1. The normalized spacial score (nSPS) is 15.7. The van der Waals surface area contributed by atoms with Crippen LogP contribution in [0.15, 0.2) is 71.6 Å². The van der Waals surface area contributed by atoms with Gasteiger partial charge in [-0.2, -0.15) is 4.31 Å². The van der Waals surface area contributed by atoms with Crippen molar-refractivity contribution in [3.05, 3.63) is 83.7 Å². The minimum atomic E-state index is -4.12. The summed E-state index contributed by atoms with van der Waals surface area (Å²) in [4.78, 5) is 12.6. The third-order valence-corrected chi connectivity index (χ3v) is 7.57. The average molecular weight is 517 g/mol. The molecule has 0 bridgehead atoms. The zero-order chi connectivity index (χ0) is 25.7. The molecule has 11 heteroatoms. The Morgan fingerprint density at radius 3 is 2.31 bits per heavy atom. The Morgan fingerprint density at radius 2 is 1.67 bits per heavy atom. The van der Waals surface area contributed by atoms with Crippen LogP contribution < -0.4 is 15.0 Å². The van der Waals surface area contributed by atoms with Crippen LogP contribution in [-0.2, 0) is 26.0 Å². The van der Waals surface area contributed by atoms with Gasteiger partial charge in [0.2, 0.25) is 10.0 Å². The third kappa shape index (κ3) is 5.49. The summed E-state index contributed by atoms with van der Waals surface area (Å²) in [5, 5.41) is 9.36. The number of ether oxygens (including phenoxy) is 3. The van der Waals surface area contributed by atoms with Gasteiger partial charge in [-0.1, -0.05) is 6.07 Å². The molecule has 0 fully saturated rings. The van der Waals surface area contributed by atoms with Crippen LogP contribution >= 0.6 is 0 Å². The summed E-state index contributed by atoms with van der Waals surface area (Å²) in [7, 11) is -2.56. The molecule has 1 heterocycles. The molecule has 3 aromatic carbocycles. The van der Waals surface area contributed by atoms with Crippen molar-refractivity contribution in [3.8, 4) is 17.2 Å². The highest BCUT2D eigenvalue weighted by Crippen LogP contribution is 2.36. The molecule has 9 nitrogen and oxygen atoms in total. The van der Waals surface area contributed by atoms with Crippen molar-refractivity contribution in [2.24, 2.45) is 0 Å². The van der Waals surface area contributed by atoms with E-state index in [-0.39, 0.29) is 11.4 Å². The number of methoxy groups -OCH3 is 1. The van der Waals surface area contributed by atoms with Gasteiger partial charge in [0, 0.05) is 13.7 Å². The Hall–Kier alpha value is -3.51. The number of nitrogens with one attached hydrogen (secondary N) is 1. The first-order valence-corrected chi connectivity index (χ1v) is 12.5. The average Bonchev–Trinajstić information content (AvgIpc) is 2.89. The molecule has 36 heavy (non-hydrogen) atoms. The fourth-order valence-electron chi connectivity index (χ4n) is 3.96. The van der Waals surface area contributed by atoms with Gasteiger partial charge >= 0.3 is 0 Å². The summed E-state index contributed by atoms with van der Waals surface area (Å²) < 4.78 is 57.4. The first-order chi connectivity index (χ1) is 17.3. The van der Waals surface area contributed by atoms with E-state index < -0.39 is 27.8 Å². The molecule has 0 aliphatic carbocycles. The van der Waals surface area contributed by atoms with Gasteiger partial charge in [-0.15, -0.1) is 0 Å². The Bertz CT molecular complexity index is 1320. The summed E-state index contributed by atoms with van der Waals surface area (Å²) in [6, 6.07) is 14.8. The van der Waals surface area contributed by atoms with Gasteiger partial charge in [-0.05, 0) is 78.2 Å². The number of hydrogen-bond acceptors (Lipinski definition) is 7. The number of amides is 1. The maximum atomic E-state index is 13.5. The van der Waals surface area contributed by atoms with Gasteiger partial charge in [-0.3, -0.25) is 10.0 Å². The number of fused-ring (bicyclic) bond motifs is 1. The van der Waals surface area contributed by atoms with Crippen LogP contribution in [0.2, 0.25) is 0 Å². The molecule has 1 aliphatic heterocycles. The van der Waals surface area contributed by atoms with Crippen molar-refractivity contribution < 1.29 is 37.0 Å². The fourth-order valence-corrected chi connectivity index (χ4v) is 5.53. The molecule has 0 saturated heterocycles. The van der Waals surface area contributed by atoms with Crippen molar-refractivity contribution in [1.29, 1.82) is 0 Å². The Balaban J connectivity index is 1.58. The lowest BCUT2D eigenvalue weighted by Gasteiger charge is -2.35. The molecular formula is C25H25FN2O7S. The lowest BCUT2D eigenvalue weighted by molar-refractivity contribution is -0.133. The van der Waals surface area contributed by atoms with Crippen LogP contribution in [0.4, 0.5) is 4.39 Å². The van der Waals surface area contributed by atoms with Gasteiger partial charge in [-0.25, -0.2) is 18.3 Å². The van der Waals surface area contributed by atoms with E-state index in [4.69, 9.17) is 14.2 Å². The first kappa shape index (κ1) is 25.6. The largest absolute Gasteiger partial charge is 0.491 e. The zero-order valence-corrected chi connectivity index (χ0v) is 20.2. The number of carbonyl (C=O) groups excluding carboxylic acids is 1. The summed E-state index contributed by atoms with van der Waals surface area (Å²) in [6.45, 7) is 0.770. The monoisotopic (exact) mass is 516 g/mol. The molecule has 190 valence electrons. The molecule has 0 radical (unpaired) electrons. The van der Waals surface area contributed by atoms with Crippen LogP contribution in [0.3, 0.4) is 0 Å². The van der Waals surface area contributed by atoms with Crippen LogP contribution in [0.5, 0.6) is 17.2 Å². The van der Waals surface area contributed by atoms with Gasteiger partial charge < -0.3 is 14.2 Å². The Morgan fingerprint density at radius 1 is 1.03 bits per heavy atom. The number of halogens is 1. The maximum Gasteiger partial charge on any atom is 0.266 e. The second-order valence-corrected chi connectivity index (χ2v) is 9.86. The van der Waals surface area contributed by atoms with Crippen molar-refractivity contribution in [2.45, 2.75) is 17.4 Å². The molecule has 0 saturated carbocycles. The molecule has 0 spiro atoms. The van der Waals surface area contributed by atoms with E-state index in [9.17, 15) is 22.8 Å². The van der Waals surface area contributed by atoms with Crippen molar-refractivity contribution in [3.63, 3.8) is 0 Å². The molecule has 3 aromatic rings. The maximum absolute atomic E-state index is 13.5. The number of hydroxylamine groups is 1. The molecule has 1 unspecified atom stereocenters. The summed E-state index contributed by atoms with van der Waals surface area (Å²) in [5.74, 6) is 0.0501. The molecular weight excluding hydrogens is 491 g/mol. The molecule has 1 aliphatic rings. The fraction of sp³-hybridized carbons (Fsp3) is 0.240. The highest BCUT2D eigenvalue weighted by atomic mass is 32.2. The van der Waals surface area contributed by atoms with E-state index in [1.165, 1.54) is 48.5 Å². The van der Waals surface area contributed by atoms with E-state index >= 15 is 0 Å². The summed E-state index contributed by atoms with van der Waals surface area (Å²) in [5.41, 5.74) is 2.78. The predicted molar refractivity (Wildman–Crippen MR) is 127 cm³/mol. The van der Waals surface area contributed by atoms with Gasteiger partial charge in [0.25, 0.3) is 5.91 Å². The molecule has 2 N–H and O–H groups in total. The minimum Gasteiger partial charge on any atom is -0.491 e. The number of carbonyl (C=O) groups is 1. The van der Waals surface area contributed by atoms with Gasteiger partial charge in [0.05, 0.1) is 11.5 Å². The van der Waals surface area contributed by atoms with Crippen LogP contribution in [0, 0.1) is 5.82 Å². The van der Waals surface area contributed by atoms with Gasteiger partial charge in [0.15, 0.2) is 0 Å². The molecule has 1 atom stereocenters. The minimum absolute atomic E-state index is 0.0166. The highest BCUT2D eigenvalue weighted by molar-refractivity contribution is 7.89. The van der Waals surface area contributed by atoms with Crippen LogP contribution in [-0.4, -0.2) is 50.7 Å². The van der Waals surface area contributed by atoms with E-state index in [1.54, 1.807) is 30.8 Å². The smallest absolute Gasteiger partial charge is 0.266 e. The zero-order valence-electron chi connectivity index (χ0n) is 19.4. The van der Waals surface area contributed by atoms with E-state index in [0.29, 0.717) is 42.4 Å².